The molecular formula is C15H22O6S. The largest absolute Gasteiger partial charge is 0.376 e. The smallest absolute Gasteiger partial charge is 0.264 e. The van der Waals surface area contributed by atoms with Crippen molar-refractivity contribution in [3.05, 3.63) is 35.9 Å². The summed E-state index contributed by atoms with van der Waals surface area (Å²) in [6.45, 7) is 2.23. The lowest BCUT2D eigenvalue weighted by atomic mass is 10.2. The molecule has 0 aliphatic carbocycles. The van der Waals surface area contributed by atoms with Gasteiger partial charge in [-0.3, -0.25) is 4.18 Å². The zero-order valence-corrected chi connectivity index (χ0v) is 13.5. The second-order valence-electron chi connectivity index (χ2n) is 5.23. The first kappa shape index (κ1) is 17.4. The van der Waals surface area contributed by atoms with Crippen LogP contribution in [0.3, 0.4) is 0 Å². The lowest BCUT2D eigenvalue weighted by Gasteiger charge is -2.15. The summed E-state index contributed by atoms with van der Waals surface area (Å²) in [5.74, 6) is 0. The first-order valence-electron chi connectivity index (χ1n) is 7.22. The monoisotopic (exact) mass is 330 g/mol. The molecule has 1 aromatic carbocycles. The van der Waals surface area contributed by atoms with Gasteiger partial charge in [-0.15, -0.1) is 0 Å². The molecule has 7 heteroatoms. The van der Waals surface area contributed by atoms with Gasteiger partial charge in [-0.2, -0.15) is 8.42 Å². The molecule has 124 valence electrons. The lowest BCUT2D eigenvalue weighted by Crippen LogP contribution is -2.25. The maximum Gasteiger partial charge on any atom is 0.264 e. The highest BCUT2D eigenvalue weighted by atomic mass is 32.2. The topological polar surface area (TPSA) is 74.4 Å². The van der Waals surface area contributed by atoms with E-state index in [0.29, 0.717) is 32.8 Å². The van der Waals surface area contributed by atoms with Gasteiger partial charge in [0.25, 0.3) is 10.1 Å². The van der Waals surface area contributed by atoms with Gasteiger partial charge < -0.3 is 14.2 Å². The molecule has 1 saturated heterocycles. The molecule has 1 fully saturated rings. The molecule has 22 heavy (non-hydrogen) atoms. The van der Waals surface area contributed by atoms with Gasteiger partial charge >= 0.3 is 0 Å². The van der Waals surface area contributed by atoms with Crippen LogP contribution in [0.2, 0.25) is 0 Å². The highest BCUT2D eigenvalue weighted by Crippen LogP contribution is 2.18. The van der Waals surface area contributed by atoms with E-state index < -0.39 is 16.2 Å². The Hall–Kier alpha value is -0.990. The zero-order chi connectivity index (χ0) is 15.8. The van der Waals surface area contributed by atoms with E-state index >= 15 is 0 Å². The van der Waals surface area contributed by atoms with Crippen LogP contribution >= 0.6 is 0 Å². The van der Waals surface area contributed by atoms with Gasteiger partial charge in [0.1, 0.15) is 6.10 Å². The fourth-order valence-electron chi connectivity index (χ4n) is 1.98. The van der Waals surface area contributed by atoms with Gasteiger partial charge in [0.2, 0.25) is 0 Å². The van der Waals surface area contributed by atoms with Crippen LogP contribution < -0.4 is 0 Å². The minimum absolute atomic E-state index is 0.0877. The Morgan fingerprint density at radius 3 is 2.55 bits per heavy atom. The molecule has 6 nitrogen and oxygen atoms in total. The number of rotatable bonds is 11. The normalized spacial score (nSPS) is 19.0. The van der Waals surface area contributed by atoms with Crippen molar-refractivity contribution in [3.63, 3.8) is 0 Å². The summed E-state index contributed by atoms with van der Waals surface area (Å²) < 4.78 is 43.4. The summed E-state index contributed by atoms with van der Waals surface area (Å²) in [7, 11) is -3.49. The summed E-state index contributed by atoms with van der Waals surface area (Å²) in [5, 5.41) is 0. The molecule has 0 N–H and O–H groups in total. The summed E-state index contributed by atoms with van der Waals surface area (Å²) in [6.07, 6.45) is 1.15. The van der Waals surface area contributed by atoms with E-state index in [1.807, 2.05) is 30.3 Å². The van der Waals surface area contributed by atoms with E-state index in [-0.39, 0.29) is 12.7 Å². The summed E-state index contributed by atoms with van der Waals surface area (Å²) in [6, 6.07) is 9.86. The Bertz CT molecular complexity index is 526. The first-order valence-corrected chi connectivity index (χ1v) is 9.04. The van der Waals surface area contributed by atoms with Crippen LogP contribution in [0.15, 0.2) is 30.3 Å². The minimum atomic E-state index is -3.49. The van der Waals surface area contributed by atoms with Crippen molar-refractivity contribution in [2.75, 3.05) is 32.7 Å². The van der Waals surface area contributed by atoms with Crippen molar-refractivity contribution in [1.82, 2.24) is 0 Å². The van der Waals surface area contributed by atoms with Gasteiger partial charge in [0.15, 0.2) is 0 Å². The number of hydrogen-bond acceptors (Lipinski definition) is 6. The molecule has 1 heterocycles. The van der Waals surface area contributed by atoms with E-state index in [2.05, 4.69) is 0 Å². The molecule has 0 amide bonds. The van der Waals surface area contributed by atoms with Gasteiger partial charge in [-0.25, -0.2) is 0 Å². The molecule has 0 saturated carbocycles. The Balaban J connectivity index is 1.58. The van der Waals surface area contributed by atoms with E-state index in [1.165, 1.54) is 0 Å². The Labute approximate surface area is 131 Å². The molecule has 1 aliphatic rings. The van der Waals surface area contributed by atoms with Gasteiger partial charge in [-0.1, -0.05) is 30.3 Å². The van der Waals surface area contributed by atoms with E-state index in [9.17, 15) is 8.42 Å². The van der Waals surface area contributed by atoms with Crippen LogP contribution in [0.1, 0.15) is 12.0 Å². The van der Waals surface area contributed by atoms with Gasteiger partial charge in [-0.05, 0) is 5.56 Å². The molecule has 0 radical (unpaired) electrons. The highest BCUT2D eigenvalue weighted by molar-refractivity contribution is 7.86. The van der Waals surface area contributed by atoms with Gasteiger partial charge in [0, 0.05) is 6.42 Å². The third-order valence-electron chi connectivity index (χ3n) is 3.03. The molecule has 0 spiro atoms. The van der Waals surface area contributed by atoms with Crippen molar-refractivity contribution in [3.8, 4) is 0 Å². The van der Waals surface area contributed by atoms with Crippen LogP contribution in [-0.2, 0) is 35.1 Å². The van der Waals surface area contributed by atoms with Crippen molar-refractivity contribution < 1.29 is 26.8 Å². The van der Waals surface area contributed by atoms with Crippen molar-refractivity contribution in [2.24, 2.45) is 0 Å². The van der Waals surface area contributed by atoms with E-state index in [0.717, 1.165) is 11.8 Å². The summed E-state index contributed by atoms with van der Waals surface area (Å²) >= 11 is 0. The van der Waals surface area contributed by atoms with Crippen LogP contribution in [0.5, 0.6) is 0 Å². The Morgan fingerprint density at radius 1 is 1.23 bits per heavy atom. The second-order valence-corrected chi connectivity index (χ2v) is 6.83. The molecule has 0 aromatic heterocycles. The average Bonchev–Trinajstić information content (AvgIpc) is 3.26. The predicted molar refractivity (Wildman–Crippen MR) is 81.0 cm³/mol. The molecule has 2 rings (SSSR count). The minimum Gasteiger partial charge on any atom is -0.376 e. The lowest BCUT2D eigenvalue weighted by molar-refractivity contribution is 0.00580. The molecular weight excluding hydrogens is 308 g/mol. The molecule has 2 unspecified atom stereocenters. The van der Waals surface area contributed by atoms with Crippen LogP contribution in [-0.4, -0.2) is 53.3 Å². The Morgan fingerprint density at radius 2 is 1.91 bits per heavy atom. The second kappa shape index (κ2) is 8.59. The van der Waals surface area contributed by atoms with E-state index in [4.69, 9.17) is 18.4 Å². The summed E-state index contributed by atoms with van der Waals surface area (Å²) in [5.41, 5.74) is 1.10. The quantitative estimate of drug-likeness (QED) is 0.346. The fraction of sp³-hybridized carbons (Fsp3) is 0.600. The fourth-order valence-corrected chi connectivity index (χ4v) is 2.61. The highest BCUT2D eigenvalue weighted by Gasteiger charge is 2.29. The predicted octanol–water partition coefficient (Wildman–Crippen LogP) is 1.35. The SMILES string of the molecule is CS(=O)(=O)OC(COCCOCc1ccccc1)CC1CO1. The van der Waals surface area contributed by atoms with Crippen LogP contribution in [0.25, 0.3) is 0 Å². The van der Waals surface area contributed by atoms with Gasteiger partial charge in [0.05, 0.1) is 45.4 Å². The number of hydrogen-bond donors (Lipinski definition) is 0. The molecule has 1 aromatic rings. The maximum absolute atomic E-state index is 11.2. The van der Waals surface area contributed by atoms with Crippen molar-refractivity contribution >= 4 is 10.1 Å². The maximum atomic E-state index is 11.2. The van der Waals surface area contributed by atoms with Crippen molar-refractivity contribution in [1.29, 1.82) is 0 Å². The average molecular weight is 330 g/mol. The molecule has 2 atom stereocenters. The van der Waals surface area contributed by atoms with Crippen molar-refractivity contribution in [2.45, 2.75) is 25.2 Å². The first-order chi connectivity index (χ1) is 10.5. The number of epoxide rings is 1. The molecule has 0 bridgehead atoms. The number of benzene rings is 1. The third-order valence-corrected chi connectivity index (χ3v) is 3.65. The number of ether oxygens (including phenoxy) is 3. The third kappa shape index (κ3) is 7.86. The zero-order valence-electron chi connectivity index (χ0n) is 12.6. The summed E-state index contributed by atoms with van der Waals surface area (Å²) in [4.78, 5) is 0. The molecule has 1 aliphatic heterocycles. The van der Waals surface area contributed by atoms with Crippen LogP contribution in [0, 0.1) is 0 Å². The van der Waals surface area contributed by atoms with Crippen LogP contribution in [0.4, 0.5) is 0 Å². The van der Waals surface area contributed by atoms with E-state index in [1.54, 1.807) is 0 Å². The standard InChI is InChI=1S/C15H22O6S/c1-22(16,17)21-15(9-14-12-20-14)11-19-8-7-18-10-13-5-3-2-4-6-13/h2-6,14-15H,7-12H2,1H3. The Kier molecular flexibility index (Phi) is 6.78.